The van der Waals surface area contributed by atoms with E-state index in [2.05, 4.69) is 4.37 Å². The molecule has 3 rings (SSSR count). The number of benzene rings is 1. The molecule has 0 saturated carbocycles. The number of rotatable bonds is 4. The fraction of sp³-hybridized carbons (Fsp3) is 0.222. The number of carbonyl (C=O) groups is 1. The van der Waals surface area contributed by atoms with Crippen LogP contribution < -0.4 is 11.2 Å². The zero-order chi connectivity index (χ0) is 22.2. The molecule has 0 aliphatic carbocycles. The maximum atomic E-state index is 13.0. The van der Waals surface area contributed by atoms with Gasteiger partial charge in [-0.2, -0.15) is 17.5 Å². The van der Waals surface area contributed by atoms with Crippen LogP contribution in [0.2, 0.25) is 0 Å². The van der Waals surface area contributed by atoms with E-state index in [4.69, 9.17) is 4.84 Å². The summed E-state index contributed by atoms with van der Waals surface area (Å²) in [5.74, 6) is -0.442. The Morgan fingerprint density at radius 3 is 2.60 bits per heavy atom. The van der Waals surface area contributed by atoms with Crippen LogP contribution in [0.25, 0.3) is 21.8 Å². The largest absolute Gasteiger partial charge is 0.431 e. The van der Waals surface area contributed by atoms with Crippen LogP contribution in [0, 0.1) is 0 Å². The van der Waals surface area contributed by atoms with Crippen LogP contribution in [0.1, 0.15) is 11.4 Å². The first-order chi connectivity index (χ1) is 14.0. The quantitative estimate of drug-likeness (QED) is 0.459. The molecule has 1 aromatic carbocycles. The van der Waals surface area contributed by atoms with E-state index in [-0.39, 0.29) is 5.69 Å². The van der Waals surface area contributed by atoms with Gasteiger partial charge in [-0.15, -0.1) is 0 Å². The second-order valence-corrected chi connectivity index (χ2v) is 6.95. The van der Waals surface area contributed by atoms with Crippen molar-refractivity contribution in [2.24, 2.45) is 7.05 Å². The van der Waals surface area contributed by atoms with Crippen molar-refractivity contribution < 1.29 is 22.8 Å². The van der Waals surface area contributed by atoms with Gasteiger partial charge >= 0.3 is 11.9 Å². The maximum Gasteiger partial charge on any atom is 0.431 e. The van der Waals surface area contributed by atoms with Crippen molar-refractivity contribution in [2.45, 2.75) is 6.18 Å². The van der Waals surface area contributed by atoms with Gasteiger partial charge in [0.2, 0.25) is 0 Å². The number of hydrogen-bond acceptors (Lipinski definition) is 6. The number of alkyl halides is 3. The molecule has 0 aliphatic rings. The van der Waals surface area contributed by atoms with Gasteiger partial charge in [0.15, 0.2) is 0 Å². The Balaban J connectivity index is 2.12. The lowest BCUT2D eigenvalue weighted by molar-refractivity contribution is -0.162. The zero-order valence-corrected chi connectivity index (χ0v) is 16.7. The first kappa shape index (κ1) is 21.5. The molecule has 2 aromatic heterocycles. The summed E-state index contributed by atoms with van der Waals surface area (Å²) in [5, 5.41) is 1.53. The number of likely N-dealkylation sites (N-methyl/N-ethyl adjacent to an activating group) is 1. The van der Waals surface area contributed by atoms with Crippen molar-refractivity contribution in [1.29, 1.82) is 0 Å². The first-order valence-corrected chi connectivity index (χ1v) is 9.12. The van der Waals surface area contributed by atoms with Crippen molar-refractivity contribution in [2.75, 3.05) is 14.2 Å². The van der Waals surface area contributed by atoms with E-state index >= 15 is 0 Å². The van der Waals surface area contributed by atoms with Crippen LogP contribution in [0.4, 0.5) is 13.2 Å². The summed E-state index contributed by atoms with van der Waals surface area (Å²) in [5.41, 5.74) is -3.10. The van der Waals surface area contributed by atoms with E-state index in [0.29, 0.717) is 31.0 Å². The molecule has 0 fully saturated rings. The van der Waals surface area contributed by atoms with Gasteiger partial charge in [0, 0.05) is 31.6 Å². The predicted molar refractivity (Wildman–Crippen MR) is 104 cm³/mol. The normalized spacial score (nSPS) is 12.1. The molecule has 0 radical (unpaired) electrons. The van der Waals surface area contributed by atoms with E-state index in [0.717, 1.165) is 23.6 Å². The monoisotopic (exact) mass is 440 g/mol. The van der Waals surface area contributed by atoms with E-state index in [1.807, 2.05) is 0 Å². The van der Waals surface area contributed by atoms with Gasteiger partial charge in [0.05, 0.1) is 23.2 Å². The lowest BCUT2D eigenvalue weighted by Gasteiger charge is -2.14. The number of nitrogens with zero attached hydrogens (tertiary/aromatic N) is 4. The number of amides is 1. The highest BCUT2D eigenvalue weighted by Gasteiger charge is 2.35. The molecule has 0 spiro atoms. The second kappa shape index (κ2) is 7.88. The van der Waals surface area contributed by atoms with Gasteiger partial charge in [-0.05, 0) is 35.8 Å². The summed E-state index contributed by atoms with van der Waals surface area (Å²) in [4.78, 5) is 41.4. The van der Waals surface area contributed by atoms with Gasteiger partial charge in [-0.1, -0.05) is 0 Å². The highest BCUT2D eigenvalue weighted by Crippen LogP contribution is 2.28. The van der Waals surface area contributed by atoms with Crippen molar-refractivity contribution in [3.63, 3.8) is 0 Å². The molecule has 158 valence electrons. The molecule has 0 N–H and O–H groups in total. The standard InChI is InChI=1S/C18H15F3N4O4S/c1-23-14(18(19,20)21)9-16(27)25(17(23)28)10-4-6-13-11(8-10)12(22-30-13)5-7-15(26)24(2)29-3/h4-9H,1-3H3. The highest BCUT2D eigenvalue weighted by atomic mass is 32.1. The summed E-state index contributed by atoms with van der Waals surface area (Å²) < 4.78 is 45.0. The van der Waals surface area contributed by atoms with Gasteiger partial charge in [0.1, 0.15) is 5.69 Å². The summed E-state index contributed by atoms with van der Waals surface area (Å²) in [7, 11) is 3.70. The average molecular weight is 440 g/mol. The fourth-order valence-electron chi connectivity index (χ4n) is 2.69. The second-order valence-electron chi connectivity index (χ2n) is 6.14. The summed E-state index contributed by atoms with van der Waals surface area (Å²) in [6, 6.07) is 4.86. The molecule has 0 atom stereocenters. The summed E-state index contributed by atoms with van der Waals surface area (Å²) >= 11 is 1.12. The van der Waals surface area contributed by atoms with Crippen LogP contribution in [0.3, 0.4) is 0 Å². The number of aromatic nitrogens is 3. The topological polar surface area (TPSA) is 86.4 Å². The van der Waals surface area contributed by atoms with Crippen LogP contribution >= 0.6 is 11.5 Å². The Morgan fingerprint density at radius 2 is 1.97 bits per heavy atom. The maximum absolute atomic E-state index is 13.0. The molecule has 8 nitrogen and oxygen atoms in total. The Morgan fingerprint density at radius 1 is 1.27 bits per heavy atom. The lowest BCUT2D eigenvalue weighted by atomic mass is 10.2. The first-order valence-electron chi connectivity index (χ1n) is 8.34. The van der Waals surface area contributed by atoms with Crippen LogP contribution in [0.5, 0.6) is 0 Å². The lowest BCUT2D eigenvalue weighted by Crippen LogP contribution is -2.40. The number of halogens is 3. The van der Waals surface area contributed by atoms with Gasteiger partial charge in [-0.25, -0.2) is 14.4 Å². The van der Waals surface area contributed by atoms with E-state index < -0.39 is 29.0 Å². The number of hydrogen-bond donors (Lipinski definition) is 0. The molecule has 30 heavy (non-hydrogen) atoms. The SMILES string of the molecule is CON(C)C(=O)C=Cc1nsc2ccc(-n3c(=O)cc(C(F)(F)F)n(C)c3=O)cc12. The van der Waals surface area contributed by atoms with Gasteiger partial charge in [-0.3, -0.25) is 19.0 Å². The van der Waals surface area contributed by atoms with Crippen LogP contribution in [-0.2, 0) is 22.9 Å². The van der Waals surface area contributed by atoms with Gasteiger partial charge < -0.3 is 0 Å². The van der Waals surface area contributed by atoms with Crippen molar-refractivity contribution in [1.82, 2.24) is 18.6 Å². The molecule has 0 bridgehead atoms. The molecule has 2 heterocycles. The van der Waals surface area contributed by atoms with Crippen molar-refractivity contribution in [3.8, 4) is 5.69 Å². The Hall–Kier alpha value is -3.25. The fourth-order valence-corrected chi connectivity index (χ4v) is 3.43. The highest BCUT2D eigenvalue weighted by molar-refractivity contribution is 7.13. The minimum absolute atomic E-state index is 0.0806. The van der Waals surface area contributed by atoms with Crippen LogP contribution in [0.15, 0.2) is 39.9 Å². The third-order valence-corrected chi connectivity index (χ3v) is 5.16. The number of fused-ring (bicyclic) bond motifs is 1. The molecule has 0 saturated heterocycles. The minimum Gasteiger partial charge on any atom is -0.292 e. The minimum atomic E-state index is -4.84. The summed E-state index contributed by atoms with van der Waals surface area (Å²) in [6.07, 6.45) is -2.17. The molecule has 0 aliphatic heterocycles. The van der Waals surface area contributed by atoms with Crippen LogP contribution in [-0.4, -0.2) is 38.6 Å². The Bertz CT molecular complexity index is 1270. The van der Waals surface area contributed by atoms with Crippen molar-refractivity contribution in [3.05, 3.63) is 62.6 Å². The molecular weight excluding hydrogens is 425 g/mol. The third kappa shape index (κ3) is 3.91. The molecule has 12 heteroatoms. The van der Waals surface area contributed by atoms with E-state index in [9.17, 15) is 27.6 Å². The van der Waals surface area contributed by atoms with E-state index in [1.54, 1.807) is 6.07 Å². The number of carbonyl (C=O) groups excluding carboxylic acids is 1. The average Bonchev–Trinajstić information content (AvgIpc) is 3.09. The Kier molecular flexibility index (Phi) is 5.63. The third-order valence-electron chi connectivity index (χ3n) is 4.32. The molecule has 3 aromatic rings. The smallest absolute Gasteiger partial charge is 0.292 e. The van der Waals surface area contributed by atoms with E-state index in [1.165, 1.54) is 38.4 Å². The summed E-state index contributed by atoms with van der Waals surface area (Å²) in [6.45, 7) is 0. The molecule has 1 amide bonds. The number of hydroxylamine groups is 2. The Labute approximate surface area is 171 Å². The molecule has 0 unspecified atom stereocenters. The van der Waals surface area contributed by atoms with Gasteiger partial charge in [0.25, 0.3) is 11.5 Å². The predicted octanol–water partition coefficient (Wildman–Crippen LogP) is 2.20. The molecular formula is C18H15F3N4O4S. The zero-order valence-electron chi connectivity index (χ0n) is 15.9. The van der Waals surface area contributed by atoms with Crippen molar-refractivity contribution >= 4 is 33.6 Å².